The number of nitrogens with zero attached hydrogens (tertiary/aromatic N) is 1. The summed E-state index contributed by atoms with van der Waals surface area (Å²) in [5, 5.41) is 11.6. The number of nitriles is 1. The van der Waals surface area contributed by atoms with Gasteiger partial charge in [0, 0.05) is 13.8 Å². The fourth-order valence-electron chi connectivity index (χ4n) is 1.46. The Morgan fingerprint density at radius 3 is 2.39 bits per heavy atom. The molecule has 5 heteroatoms. The van der Waals surface area contributed by atoms with Crippen molar-refractivity contribution >= 4 is 65.4 Å². The Hall–Kier alpha value is -0.600. The van der Waals surface area contributed by atoms with Gasteiger partial charge in [0.25, 0.3) is 0 Å². The summed E-state index contributed by atoms with van der Waals surface area (Å²) < 4.78 is 1.82. The van der Waals surface area contributed by atoms with Crippen molar-refractivity contribution in [2.24, 2.45) is 0 Å². The molecule has 1 aromatic heterocycles. The maximum Gasteiger partial charge on any atom is 0.102 e. The van der Waals surface area contributed by atoms with Crippen molar-refractivity contribution in [1.82, 2.24) is 0 Å². The Labute approximate surface area is 131 Å². The Kier molecular flexibility index (Phi) is 4.63. The molecule has 0 radical (unpaired) electrons. The van der Waals surface area contributed by atoms with E-state index in [1.54, 1.807) is 0 Å². The maximum absolute atomic E-state index is 9.26. The van der Waals surface area contributed by atoms with Gasteiger partial charge in [0.1, 0.15) is 6.07 Å². The van der Waals surface area contributed by atoms with Crippen LogP contribution in [0.1, 0.15) is 10.4 Å². The zero-order valence-corrected chi connectivity index (χ0v) is 13.7. The highest BCUT2D eigenvalue weighted by molar-refractivity contribution is 9.11. The lowest BCUT2D eigenvalue weighted by atomic mass is 10.1. The molecule has 0 fully saturated rings. The molecule has 0 unspecified atom stereocenters. The first-order valence-corrected chi connectivity index (χ1v) is 7.76. The van der Waals surface area contributed by atoms with Crippen LogP contribution in [0.3, 0.4) is 0 Å². The van der Waals surface area contributed by atoms with E-state index in [4.69, 9.17) is 11.6 Å². The molecule has 0 amide bonds. The zero-order chi connectivity index (χ0) is 13.1. The second-order valence-electron chi connectivity index (χ2n) is 3.44. The zero-order valence-electron chi connectivity index (χ0n) is 8.95. The molecule has 0 aliphatic heterocycles. The average Bonchev–Trinajstić information content (AvgIpc) is 2.82. The van der Waals surface area contributed by atoms with Crippen LogP contribution in [0.4, 0.5) is 0 Å². The summed E-state index contributed by atoms with van der Waals surface area (Å²) in [4.78, 5) is 0.874. The number of thiophene rings is 1. The van der Waals surface area contributed by atoms with Gasteiger partial charge in [-0.1, -0.05) is 49.5 Å². The summed E-state index contributed by atoms with van der Waals surface area (Å²) >= 11 is 14.6. The quantitative estimate of drug-likeness (QED) is 0.573. The third-order valence-electron chi connectivity index (χ3n) is 2.21. The number of halogens is 3. The second-order valence-corrected chi connectivity index (χ2v) is 6.59. The van der Waals surface area contributed by atoms with E-state index in [1.165, 1.54) is 11.3 Å². The molecule has 0 aliphatic rings. The van der Waals surface area contributed by atoms with Gasteiger partial charge in [0.05, 0.1) is 10.6 Å². The van der Waals surface area contributed by atoms with Crippen LogP contribution in [0.5, 0.6) is 0 Å². The first-order valence-electron chi connectivity index (χ1n) is 4.92. The van der Waals surface area contributed by atoms with Crippen LogP contribution in [0, 0.1) is 11.3 Å². The van der Waals surface area contributed by atoms with Crippen molar-refractivity contribution in [3.63, 3.8) is 0 Å². The number of benzene rings is 1. The number of hydrogen-bond acceptors (Lipinski definition) is 2. The van der Waals surface area contributed by atoms with Crippen molar-refractivity contribution in [1.29, 1.82) is 5.26 Å². The largest absolute Gasteiger partial charge is 0.192 e. The summed E-state index contributed by atoms with van der Waals surface area (Å²) in [6, 6.07) is 11.7. The summed E-state index contributed by atoms with van der Waals surface area (Å²) in [6.45, 7) is 0. The highest BCUT2D eigenvalue weighted by Crippen LogP contribution is 2.34. The van der Waals surface area contributed by atoms with Gasteiger partial charge in [-0.15, -0.1) is 11.3 Å². The first-order chi connectivity index (χ1) is 8.61. The number of rotatable bonds is 2. The predicted octanol–water partition coefficient (Wildman–Crippen LogP) is 5.90. The van der Waals surface area contributed by atoms with E-state index in [0.29, 0.717) is 10.6 Å². The fourth-order valence-corrected chi connectivity index (χ4v) is 3.79. The van der Waals surface area contributed by atoms with Crippen molar-refractivity contribution in [3.05, 3.63) is 55.1 Å². The third-order valence-corrected chi connectivity index (χ3v) is 4.43. The van der Waals surface area contributed by atoms with Crippen LogP contribution in [0.2, 0.25) is 0 Å². The van der Waals surface area contributed by atoms with Gasteiger partial charge < -0.3 is 0 Å². The Morgan fingerprint density at radius 2 is 1.89 bits per heavy atom. The second kappa shape index (κ2) is 6.03. The highest BCUT2D eigenvalue weighted by atomic mass is 79.9. The lowest BCUT2D eigenvalue weighted by Crippen LogP contribution is -1.84. The molecule has 0 saturated heterocycles. The lowest BCUT2D eigenvalue weighted by Gasteiger charge is -2.04. The van der Waals surface area contributed by atoms with Crippen molar-refractivity contribution < 1.29 is 0 Å². The predicted molar refractivity (Wildman–Crippen MR) is 84.4 cm³/mol. The van der Waals surface area contributed by atoms with Crippen LogP contribution in [0.25, 0.3) is 10.6 Å². The fraction of sp³-hybridized carbons (Fsp3) is 0. The molecule has 0 N–H and O–H groups in total. The molecule has 0 aliphatic carbocycles. The van der Waals surface area contributed by atoms with E-state index < -0.39 is 0 Å². The van der Waals surface area contributed by atoms with Crippen molar-refractivity contribution in [2.45, 2.75) is 0 Å². The number of allylic oxidation sites excluding steroid dienone is 1. The third kappa shape index (κ3) is 3.04. The van der Waals surface area contributed by atoms with E-state index in [9.17, 15) is 5.26 Å². The molecule has 1 nitrogen and oxygen atoms in total. The molecule has 18 heavy (non-hydrogen) atoms. The molecule has 90 valence electrons. The smallest absolute Gasteiger partial charge is 0.102 e. The number of hydrogen-bond donors (Lipinski definition) is 0. The van der Waals surface area contributed by atoms with Gasteiger partial charge in [-0.3, -0.25) is 0 Å². The molecule has 2 aromatic rings. The molecule has 1 aromatic carbocycles. The summed E-state index contributed by atoms with van der Waals surface area (Å²) in [6.07, 6.45) is 0. The molecule has 0 bridgehead atoms. The SMILES string of the molecule is N#C/C(=C(/Cl)c1cc(Br)cc(Br)c1)c1cccs1. The van der Waals surface area contributed by atoms with Crippen LogP contribution >= 0.6 is 54.8 Å². The molecular weight excluding hydrogens is 397 g/mol. The van der Waals surface area contributed by atoms with Gasteiger partial charge in [-0.05, 0) is 35.2 Å². The minimum absolute atomic E-state index is 0.460. The van der Waals surface area contributed by atoms with Crippen LogP contribution in [-0.2, 0) is 0 Å². The van der Waals surface area contributed by atoms with Gasteiger partial charge in [0.15, 0.2) is 0 Å². The normalized spacial score (nSPS) is 11.9. The minimum atomic E-state index is 0.460. The van der Waals surface area contributed by atoms with Gasteiger partial charge >= 0.3 is 0 Å². The molecule has 2 rings (SSSR count). The van der Waals surface area contributed by atoms with Gasteiger partial charge in [0.2, 0.25) is 0 Å². The Morgan fingerprint density at radius 1 is 1.22 bits per heavy atom. The van der Waals surface area contributed by atoms with Crippen LogP contribution < -0.4 is 0 Å². The van der Waals surface area contributed by atoms with E-state index >= 15 is 0 Å². The van der Waals surface area contributed by atoms with E-state index in [1.807, 2.05) is 35.7 Å². The summed E-state index contributed by atoms with van der Waals surface area (Å²) in [7, 11) is 0. The molecule has 1 heterocycles. The van der Waals surface area contributed by atoms with E-state index in [-0.39, 0.29) is 0 Å². The molecule has 0 saturated carbocycles. The van der Waals surface area contributed by atoms with Gasteiger partial charge in [-0.25, -0.2) is 0 Å². The standard InChI is InChI=1S/C13H6Br2ClNS/c14-9-4-8(5-10(15)6-9)13(16)11(7-17)12-2-1-3-18-12/h1-6H/b13-11-. The molecule has 0 atom stereocenters. The average molecular weight is 404 g/mol. The monoisotopic (exact) mass is 401 g/mol. The van der Waals surface area contributed by atoms with Crippen LogP contribution in [0.15, 0.2) is 44.7 Å². The highest BCUT2D eigenvalue weighted by Gasteiger charge is 2.11. The molecule has 0 spiro atoms. The Balaban J connectivity index is 2.58. The van der Waals surface area contributed by atoms with Crippen molar-refractivity contribution in [2.75, 3.05) is 0 Å². The topological polar surface area (TPSA) is 23.8 Å². The maximum atomic E-state index is 9.26. The van der Waals surface area contributed by atoms with Crippen LogP contribution in [-0.4, -0.2) is 0 Å². The van der Waals surface area contributed by atoms with Crippen molar-refractivity contribution in [3.8, 4) is 6.07 Å². The van der Waals surface area contributed by atoms with E-state index in [0.717, 1.165) is 19.4 Å². The molecular formula is C13H6Br2ClNS. The Bertz CT molecular complexity index is 621. The lowest BCUT2D eigenvalue weighted by molar-refractivity contribution is 1.53. The summed E-state index contributed by atoms with van der Waals surface area (Å²) in [5.41, 5.74) is 1.31. The first kappa shape index (κ1) is 13.8. The minimum Gasteiger partial charge on any atom is -0.192 e. The van der Waals surface area contributed by atoms with E-state index in [2.05, 4.69) is 37.9 Å². The van der Waals surface area contributed by atoms with Gasteiger partial charge in [-0.2, -0.15) is 5.26 Å². The summed E-state index contributed by atoms with van der Waals surface area (Å²) in [5.74, 6) is 0.